The van der Waals surface area contributed by atoms with Gasteiger partial charge in [0.1, 0.15) is 11.5 Å². The Morgan fingerprint density at radius 2 is 0.654 bits per heavy atom. The molecule has 3 aromatic carbocycles. The van der Waals surface area contributed by atoms with Crippen molar-refractivity contribution in [2.75, 3.05) is 0 Å². The monoisotopic (exact) mass is 346 g/mol. The van der Waals surface area contributed by atoms with Gasteiger partial charge in [-0.15, -0.1) is 0 Å². The average Bonchev–Trinajstić information content (AvgIpc) is 3.51. The summed E-state index contributed by atoms with van der Waals surface area (Å²) in [5, 5.41) is 0. The minimum atomic E-state index is 0.879. The van der Waals surface area contributed by atoms with Gasteiger partial charge in [-0.05, 0) is 52.0 Å². The maximum atomic E-state index is 5.69. The minimum absolute atomic E-state index is 0.879. The molecule has 1 fully saturated rings. The van der Waals surface area contributed by atoms with E-state index in [0.29, 0.717) is 0 Å². The lowest BCUT2D eigenvalue weighted by atomic mass is 10.2. The van der Waals surface area contributed by atoms with Crippen molar-refractivity contribution >= 4 is 0 Å². The quantitative estimate of drug-likeness (QED) is 0.465. The highest BCUT2D eigenvalue weighted by Gasteiger charge is 1.96. The Bertz CT molecular complexity index is 684. The first-order valence-corrected chi connectivity index (χ1v) is 9.37. The molecule has 1 saturated carbocycles. The van der Waals surface area contributed by atoms with Gasteiger partial charge in [-0.25, -0.2) is 0 Å². The van der Waals surface area contributed by atoms with E-state index in [0.717, 1.165) is 11.5 Å². The molecule has 26 heavy (non-hydrogen) atoms. The minimum Gasteiger partial charge on any atom is -0.457 e. The molecule has 0 unspecified atom stereocenters. The smallest absolute Gasteiger partial charge is 0.127 e. The van der Waals surface area contributed by atoms with E-state index in [1.165, 1.54) is 41.5 Å². The summed E-state index contributed by atoms with van der Waals surface area (Å²) in [6, 6.07) is 24.6. The van der Waals surface area contributed by atoms with Crippen LogP contribution in [0.1, 0.15) is 41.5 Å². The lowest BCUT2D eigenvalue weighted by Crippen LogP contribution is -1.84. The zero-order valence-corrected chi connectivity index (χ0v) is 16.5. The molecule has 0 bridgehead atoms. The highest BCUT2D eigenvalue weighted by atomic mass is 16.5. The zero-order chi connectivity index (χ0) is 18.8. The van der Waals surface area contributed by atoms with Crippen molar-refractivity contribution in [2.45, 2.75) is 47.0 Å². The van der Waals surface area contributed by atoms with Crippen LogP contribution in [-0.2, 0) is 0 Å². The number of ether oxygens (including phenoxy) is 1. The molecule has 0 aromatic heterocycles. The topological polar surface area (TPSA) is 9.23 Å². The van der Waals surface area contributed by atoms with Crippen molar-refractivity contribution < 1.29 is 4.74 Å². The van der Waals surface area contributed by atoms with Gasteiger partial charge in [0, 0.05) is 0 Å². The van der Waals surface area contributed by atoms with Crippen molar-refractivity contribution in [2.24, 2.45) is 0 Å². The standard InChI is InChI=1S/C14H14O.C8H10.C3H6/c1-11-3-7-13(8-4-11)15-14-9-5-12(2)6-10-14;1-7-3-5-8(2)6-4-7;1-2-3-1/h3-10H,1-2H3;3-6H,1-2H3;1-3H2. The summed E-state index contributed by atoms with van der Waals surface area (Å²) in [6.07, 6.45) is 4.50. The first-order valence-electron chi connectivity index (χ1n) is 9.37. The molecule has 0 aliphatic heterocycles. The van der Waals surface area contributed by atoms with Crippen LogP contribution in [-0.4, -0.2) is 0 Å². The summed E-state index contributed by atoms with van der Waals surface area (Å²) in [5.74, 6) is 1.76. The Morgan fingerprint density at radius 1 is 0.423 bits per heavy atom. The molecule has 1 aliphatic rings. The largest absolute Gasteiger partial charge is 0.457 e. The first kappa shape index (κ1) is 19.8. The van der Waals surface area contributed by atoms with Crippen molar-refractivity contribution in [3.05, 3.63) is 95.1 Å². The lowest BCUT2D eigenvalue weighted by molar-refractivity contribution is 0.482. The molecule has 0 saturated heterocycles. The molecular formula is C25H30O. The molecule has 0 spiro atoms. The van der Waals surface area contributed by atoms with E-state index >= 15 is 0 Å². The van der Waals surface area contributed by atoms with Crippen LogP contribution in [0.2, 0.25) is 0 Å². The molecule has 0 N–H and O–H groups in total. The number of benzene rings is 3. The molecule has 4 rings (SSSR count). The third kappa shape index (κ3) is 8.53. The van der Waals surface area contributed by atoms with E-state index < -0.39 is 0 Å². The predicted molar refractivity (Wildman–Crippen MR) is 112 cm³/mol. The fourth-order valence-corrected chi connectivity index (χ4v) is 1.99. The van der Waals surface area contributed by atoms with E-state index in [-0.39, 0.29) is 0 Å². The maximum absolute atomic E-state index is 5.69. The average molecular weight is 347 g/mol. The molecule has 0 amide bonds. The van der Waals surface area contributed by atoms with Gasteiger partial charge in [0.25, 0.3) is 0 Å². The second kappa shape index (κ2) is 10.5. The van der Waals surface area contributed by atoms with Crippen LogP contribution >= 0.6 is 0 Å². The fourth-order valence-electron chi connectivity index (χ4n) is 1.99. The summed E-state index contributed by atoms with van der Waals surface area (Å²) in [4.78, 5) is 0. The molecule has 3 aromatic rings. The third-order valence-corrected chi connectivity index (χ3v) is 3.85. The van der Waals surface area contributed by atoms with Crippen LogP contribution in [0.25, 0.3) is 0 Å². The Hall–Kier alpha value is -2.54. The number of aryl methyl sites for hydroxylation is 4. The van der Waals surface area contributed by atoms with Gasteiger partial charge in [0.2, 0.25) is 0 Å². The van der Waals surface area contributed by atoms with Crippen LogP contribution in [0.4, 0.5) is 0 Å². The van der Waals surface area contributed by atoms with Crippen molar-refractivity contribution in [1.82, 2.24) is 0 Å². The van der Waals surface area contributed by atoms with Crippen LogP contribution in [0.5, 0.6) is 11.5 Å². The third-order valence-electron chi connectivity index (χ3n) is 3.85. The van der Waals surface area contributed by atoms with E-state index in [9.17, 15) is 0 Å². The summed E-state index contributed by atoms with van der Waals surface area (Å²) in [5.41, 5.74) is 5.14. The normalized spacial score (nSPS) is 11.4. The number of hydrogen-bond acceptors (Lipinski definition) is 1. The summed E-state index contributed by atoms with van der Waals surface area (Å²) >= 11 is 0. The predicted octanol–water partition coefficient (Wildman–Crippen LogP) is 7.57. The molecular weight excluding hydrogens is 316 g/mol. The molecule has 1 nitrogen and oxygen atoms in total. The zero-order valence-electron chi connectivity index (χ0n) is 16.5. The molecule has 136 valence electrons. The molecule has 0 atom stereocenters. The SMILES string of the molecule is C1CC1.Cc1ccc(C)cc1.Cc1ccc(Oc2ccc(C)cc2)cc1. The van der Waals surface area contributed by atoms with E-state index in [1.807, 2.05) is 48.5 Å². The summed E-state index contributed by atoms with van der Waals surface area (Å²) in [6.45, 7) is 8.32. The Kier molecular flexibility index (Phi) is 7.95. The van der Waals surface area contributed by atoms with Crippen LogP contribution in [0.3, 0.4) is 0 Å². The van der Waals surface area contributed by atoms with Gasteiger partial charge in [-0.2, -0.15) is 0 Å². The highest BCUT2D eigenvalue weighted by molar-refractivity contribution is 5.33. The van der Waals surface area contributed by atoms with Gasteiger partial charge in [-0.3, -0.25) is 0 Å². The highest BCUT2D eigenvalue weighted by Crippen LogP contribution is 2.21. The Balaban J connectivity index is 0.000000183. The summed E-state index contributed by atoms with van der Waals surface area (Å²) < 4.78 is 5.69. The molecule has 1 aliphatic carbocycles. The van der Waals surface area contributed by atoms with Gasteiger partial charge in [0.05, 0.1) is 0 Å². The van der Waals surface area contributed by atoms with E-state index in [4.69, 9.17) is 4.74 Å². The fraction of sp³-hybridized carbons (Fsp3) is 0.280. The lowest BCUT2D eigenvalue weighted by Gasteiger charge is -2.05. The maximum Gasteiger partial charge on any atom is 0.127 e. The van der Waals surface area contributed by atoms with Crippen molar-refractivity contribution in [1.29, 1.82) is 0 Å². The molecule has 0 heterocycles. The molecule has 0 radical (unpaired) electrons. The van der Waals surface area contributed by atoms with Crippen LogP contribution < -0.4 is 4.74 Å². The van der Waals surface area contributed by atoms with Gasteiger partial charge in [-0.1, -0.05) is 90.0 Å². The first-order chi connectivity index (χ1) is 12.5. The van der Waals surface area contributed by atoms with Crippen LogP contribution in [0.15, 0.2) is 72.8 Å². The van der Waals surface area contributed by atoms with Crippen molar-refractivity contribution in [3.8, 4) is 11.5 Å². The van der Waals surface area contributed by atoms with Gasteiger partial charge in [0.15, 0.2) is 0 Å². The van der Waals surface area contributed by atoms with Crippen molar-refractivity contribution in [3.63, 3.8) is 0 Å². The number of hydrogen-bond donors (Lipinski definition) is 0. The number of rotatable bonds is 2. The Labute approximate surface area is 158 Å². The van der Waals surface area contributed by atoms with Gasteiger partial charge < -0.3 is 4.74 Å². The second-order valence-corrected chi connectivity index (χ2v) is 6.94. The second-order valence-electron chi connectivity index (χ2n) is 6.94. The molecule has 1 heteroatoms. The van der Waals surface area contributed by atoms with E-state index in [2.05, 4.69) is 52.0 Å². The van der Waals surface area contributed by atoms with E-state index in [1.54, 1.807) is 0 Å². The summed E-state index contributed by atoms with van der Waals surface area (Å²) in [7, 11) is 0. The Morgan fingerprint density at radius 3 is 0.885 bits per heavy atom. The van der Waals surface area contributed by atoms with Gasteiger partial charge >= 0.3 is 0 Å². The van der Waals surface area contributed by atoms with Crippen LogP contribution in [0, 0.1) is 27.7 Å².